The molecule has 0 amide bonds. The number of methoxy groups -OCH3 is 1. The molecule has 4 fully saturated rings. The Kier molecular flexibility index (Phi) is 1.48. The number of hydrogen-bond donors (Lipinski definition) is 0. The molecule has 2 atom stereocenters. The Morgan fingerprint density at radius 1 is 1.23 bits per heavy atom. The standard InChI is InChI=1S/C12H18O/c1-8-11-4-9-3-10(5-11)7-12(8,6-9)13-2/h9-11H,1,3-7H2,2H3. The van der Waals surface area contributed by atoms with Crippen molar-refractivity contribution in [3.05, 3.63) is 12.2 Å². The fourth-order valence-corrected chi connectivity index (χ4v) is 4.13. The lowest BCUT2D eigenvalue weighted by molar-refractivity contribution is -0.100. The molecule has 1 nitrogen and oxygen atoms in total. The molecule has 0 saturated heterocycles. The molecule has 1 heteroatoms. The van der Waals surface area contributed by atoms with E-state index in [9.17, 15) is 0 Å². The van der Waals surface area contributed by atoms with Gasteiger partial charge in [-0.05, 0) is 55.4 Å². The Bertz CT molecular complexity index is 242. The van der Waals surface area contributed by atoms with Crippen LogP contribution >= 0.6 is 0 Å². The summed E-state index contributed by atoms with van der Waals surface area (Å²) in [6.07, 6.45) is 6.79. The molecule has 2 unspecified atom stereocenters. The Hall–Kier alpha value is -0.300. The highest BCUT2D eigenvalue weighted by Crippen LogP contribution is 2.58. The molecule has 0 heterocycles. The van der Waals surface area contributed by atoms with Crippen molar-refractivity contribution < 1.29 is 4.74 Å². The summed E-state index contributed by atoms with van der Waals surface area (Å²) >= 11 is 0. The summed E-state index contributed by atoms with van der Waals surface area (Å²) in [6.45, 7) is 4.27. The third-order valence-corrected chi connectivity index (χ3v) is 4.61. The van der Waals surface area contributed by atoms with E-state index in [2.05, 4.69) is 6.58 Å². The number of rotatable bonds is 1. The van der Waals surface area contributed by atoms with Crippen molar-refractivity contribution in [1.82, 2.24) is 0 Å². The van der Waals surface area contributed by atoms with E-state index in [4.69, 9.17) is 4.74 Å². The largest absolute Gasteiger partial charge is 0.374 e. The Morgan fingerprint density at radius 3 is 2.38 bits per heavy atom. The molecule has 4 rings (SSSR count). The predicted molar refractivity (Wildman–Crippen MR) is 52.4 cm³/mol. The summed E-state index contributed by atoms with van der Waals surface area (Å²) in [6, 6.07) is 0. The van der Waals surface area contributed by atoms with Crippen LogP contribution in [0.15, 0.2) is 12.2 Å². The van der Waals surface area contributed by atoms with Crippen LogP contribution in [0.25, 0.3) is 0 Å². The average molecular weight is 178 g/mol. The van der Waals surface area contributed by atoms with Gasteiger partial charge in [0, 0.05) is 7.11 Å². The first-order valence-electron chi connectivity index (χ1n) is 5.48. The van der Waals surface area contributed by atoms with Crippen LogP contribution in [0.1, 0.15) is 32.1 Å². The lowest BCUT2D eigenvalue weighted by Gasteiger charge is -2.57. The zero-order valence-corrected chi connectivity index (χ0v) is 8.38. The van der Waals surface area contributed by atoms with E-state index in [0.29, 0.717) is 0 Å². The van der Waals surface area contributed by atoms with Gasteiger partial charge in [-0.25, -0.2) is 0 Å². The van der Waals surface area contributed by atoms with Crippen molar-refractivity contribution in [2.75, 3.05) is 7.11 Å². The quantitative estimate of drug-likeness (QED) is 0.561. The normalized spacial score (nSPS) is 53.0. The summed E-state index contributed by atoms with van der Waals surface area (Å²) in [5, 5.41) is 0. The van der Waals surface area contributed by atoms with E-state index in [-0.39, 0.29) is 5.60 Å². The maximum atomic E-state index is 5.76. The van der Waals surface area contributed by atoms with E-state index in [1.165, 1.54) is 37.7 Å². The molecule has 4 aliphatic rings. The van der Waals surface area contributed by atoms with Gasteiger partial charge in [0.05, 0.1) is 5.60 Å². The van der Waals surface area contributed by atoms with Crippen LogP contribution in [-0.4, -0.2) is 12.7 Å². The molecular formula is C12H18O. The average Bonchev–Trinajstić information content (AvgIpc) is 2.12. The molecule has 0 radical (unpaired) electrons. The van der Waals surface area contributed by atoms with Gasteiger partial charge in [-0.3, -0.25) is 0 Å². The molecule has 13 heavy (non-hydrogen) atoms. The summed E-state index contributed by atoms with van der Waals surface area (Å²) in [4.78, 5) is 0. The molecular weight excluding hydrogens is 160 g/mol. The molecule has 0 aromatic rings. The van der Waals surface area contributed by atoms with Crippen molar-refractivity contribution >= 4 is 0 Å². The fraction of sp³-hybridized carbons (Fsp3) is 0.833. The first-order chi connectivity index (χ1) is 6.23. The number of ether oxygens (including phenoxy) is 1. The SMILES string of the molecule is C=C1C2CC3CC(C2)CC1(OC)C3. The van der Waals surface area contributed by atoms with E-state index < -0.39 is 0 Å². The zero-order chi connectivity index (χ0) is 9.05. The van der Waals surface area contributed by atoms with Crippen LogP contribution in [0, 0.1) is 17.8 Å². The lowest BCUT2D eigenvalue weighted by atomic mass is 9.52. The maximum absolute atomic E-state index is 5.76. The second-order valence-corrected chi connectivity index (χ2v) is 5.27. The summed E-state index contributed by atoms with van der Waals surface area (Å²) in [5.74, 6) is 2.69. The van der Waals surface area contributed by atoms with Gasteiger partial charge >= 0.3 is 0 Å². The van der Waals surface area contributed by atoms with Crippen molar-refractivity contribution in [2.45, 2.75) is 37.7 Å². The topological polar surface area (TPSA) is 9.23 Å². The minimum absolute atomic E-state index is 0.106. The summed E-state index contributed by atoms with van der Waals surface area (Å²) in [7, 11) is 1.87. The maximum Gasteiger partial charge on any atom is 0.0893 e. The third kappa shape index (κ3) is 0.914. The van der Waals surface area contributed by atoms with Gasteiger partial charge in [0.1, 0.15) is 0 Å². The molecule has 0 aliphatic heterocycles. The second-order valence-electron chi connectivity index (χ2n) is 5.27. The van der Waals surface area contributed by atoms with Crippen molar-refractivity contribution in [2.24, 2.45) is 17.8 Å². The van der Waals surface area contributed by atoms with Gasteiger partial charge in [0.25, 0.3) is 0 Å². The Balaban J connectivity index is 2.00. The first kappa shape index (κ1) is 8.05. The minimum Gasteiger partial charge on any atom is -0.374 e. The minimum atomic E-state index is 0.106. The smallest absolute Gasteiger partial charge is 0.0893 e. The van der Waals surface area contributed by atoms with Crippen molar-refractivity contribution in [3.63, 3.8) is 0 Å². The molecule has 4 aliphatic carbocycles. The number of hydrogen-bond acceptors (Lipinski definition) is 1. The molecule has 0 N–H and O–H groups in total. The highest BCUT2D eigenvalue weighted by molar-refractivity contribution is 5.26. The van der Waals surface area contributed by atoms with Gasteiger partial charge < -0.3 is 4.74 Å². The van der Waals surface area contributed by atoms with Crippen molar-refractivity contribution in [1.29, 1.82) is 0 Å². The zero-order valence-electron chi connectivity index (χ0n) is 8.38. The van der Waals surface area contributed by atoms with Gasteiger partial charge in [-0.1, -0.05) is 6.58 Å². The fourth-order valence-electron chi connectivity index (χ4n) is 4.13. The molecule has 0 aromatic carbocycles. The van der Waals surface area contributed by atoms with E-state index in [0.717, 1.165) is 17.8 Å². The van der Waals surface area contributed by atoms with Crippen LogP contribution in [-0.2, 0) is 4.74 Å². The Labute approximate surface area is 80.2 Å². The Morgan fingerprint density at radius 2 is 1.85 bits per heavy atom. The van der Waals surface area contributed by atoms with E-state index in [1.54, 1.807) is 0 Å². The first-order valence-corrected chi connectivity index (χ1v) is 5.48. The van der Waals surface area contributed by atoms with Gasteiger partial charge in [-0.2, -0.15) is 0 Å². The molecule has 0 aromatic heterocycles. The van der Waals surface area contributed by atoms with Crippen LogP contribution in [0.4, 0.5) is 0 Å². The second kappa shape index (κ2) is 2.38. The van der Waals surface area contributed by atoms with Gasteiger partial charge in [0.2, 0.25) is 0 Å². The summed E-state index contributed by atoms with van der Waals surface area (Å²) < 4.78 is 5.76. The molecule has 0 spiro atoms. The predicted octanol–water partition coefficient (Wildman–Crippen LogP) is 2.77. The summed E-state index contributed by atoms with van der Waals surface area (Å²) in [5.41, 5.74) is 1.52. The highest BCUT2D eigenvalue weighted by atomic mass is 16.5. The molecule has 72 valence electrons. The van der Waals surface area contributed by atoms with Crippen LogP contribution in [0.3, 0.4) is 0 Å². The highest BCUT2D eigenvalue weighted by Gasteiger charge is 2.53. The lowest BCUT2D eigenvalue weighted by Crippen LogP contribution is -2.53. The third-order valence-electron chi connectivity index (χ3n) is 4.61. The molecule has 4 bridgehead atoms. The van der Waals surface area contributed by atoms with Crippen molar-refractivity contribution in [3.8, 4) is 0 Å². The monoisotopic (exact) mass is 178 g/mol. The van der Waals surface area contributed by atoms with Crippen LogP contribution in [0.2, 0.25) is 0 Å². The van der Waals surface area contributed by atoms with Gasteiger partial charge in [-0.15, -0.1) is 0 Å². The van der Waals surface area contributed by atoms with Gasteiger partial charge in [0.15, 0.2) is 0 Å². The van der Waals surface area contributed by atoms with E-state index >= 15 is 0 Å². The van der Waals surface area contributed by atoms with Crippen LogP contribution in [0.5, 0.6) is 0 Å². The molecule has 4 saturated carbocycles. The van der Waals surface area contributed by atoms with Crippen LogP contribution < -0.4 is 0 Å². The van der Waals surface area contributed by atoms with E-state index in [1.807, 2.05) is 7.11 Å².